The van der Waals surface area contributed by atoms with Crippen LogP contribution in [0.15, 0.2) is 24.6 Å². The van der Waals surface area contributed by atoms with E-state index in [4.69, 9.17) is 4.74 Å². The molecule has 1 fully saturated rings. The summed E-state index contributed by atoms with van der Waals surface area (Å²) in [5, 5.41) is 0.878. The number of carbonyl (C=O) groups is 1. The van der Waals surface area contributed by atoms with Crippen molar-refractivity contribution in [2.24, 2.45) is 0 Å². The lowest BCUT2D eigenvalue weighted by Gasteiger charge is -2.44. The van der Waals surface area contributed by atoms with E-state index in [1.165, 1.54) is 0 Å². The highest BCUT2D eigenvalue weighted by atomic mass is 32.2. The van der Waals surface area contributed by atoms with Crippen LogP contribution in [0.2, 0.25) is 0 Å². The van der Waals surface area contributed by atoms with Gasteiger partial charge in [-0.05, 0) is 40.5 Å². The van der Waals surface area contributed by atoms with Gasteiger partial charge in [-0.3, -0.25) is 0 Å². The number of ether oxygens (including phenoxy) is 1. The molecule has 0 aromatic heterocycles. The summed E-state index contributed by atoms with van der Waals surface area (Å²) in [5.74, 6) is 0. The molecule has 1 N–H and O–H groups in total. The molecule has 1 aliphatic heterocycles. The predicted octanol–water partition coefficient (Wildman–Crippen LogP) is 2.39. The second-order valence-electron chi connectivity index (χ2n) is 6.65. The fourth-order valence-corrected chi connectivity index (χ4v) is 3.43. The Morgan fingerprint density at radius 1 is 1.41 bits per heavy atom. The van der Waals surface area contributed by atoms with Crippen LogP contribution in [0.3, 0.4) is 0 Å². The summed E-state index contributed by atoms with van der Waals surface area (Å²) < 4.78 is 31.5. The van der Waals surface area contributed by atoms with Crippen molar-refractivity contribution in [1.82, 2.24) is 9.62 Å². The van der Waals surface area contributed by atoms with Gasteiger partial charge in [-0.1, -0.05) is 12.7 Å². The van der Waals surface area contributed by atoms with Crippen molar-refractivity contribution in [3.05, 3.63) is 24.6 Å². The number of sulfonamides is 1. The summed E-state index contributed by atoms with van der Waals surface area (Å²) in [4.78, 5) is 13.8. The number of piperidine rings is 1. The predicted molar refractivity (Wildman–Crippen MR) is 86.8 cm³/mol. The largest absolute Gasteiger partial charge is 0.444 e. The SMILES string of the molecule is C=CC1(NS(=O)(=O)C=C)CCN(C(=O)OC(C)(C)C)C(C)C1. The van der Waals surface area contributed by atoms with Crippen LogP contribution in [0.4, 0.5) is 4.79 Å². The van der Waals surface area contributed by atoms with Crippen molar-refractivity contribution in [3.8, 4) is 0 Å². The second-order valence-corrected chi connectivity index (χ2v) is 8.28. The number of carbonyl (C=O) groups excluding carboxylic acids is 1. The van der Waals surface area contributed by atoms with Crippen LogP contribution in [0.5, 0.6) is 0 Å². The molecule has 7 heteroatoms. The highest BCUT2D eigenvalue weighted by Crippen LogP contribution is 2.30. The van der Waals surface area contributed by atoms with Gasteiger partial charge in [-0.25, -0.2) is 17.9 Å². The van der Waals surface area contributed by atoms with E-state index in [-0.39, 0.29) is 12.1 Å². The van der Waals surface area contributed by atoms with Crippen LogP contribution in [-0.2, 0) is 14.8 Å². The van der Waals surface area contributed by atoms with Gasteiger partial charge in [0, 0.05) is 18.0 Å². The van der Waals surface area contributed by atoms with E-state index in [1.807, 2.05) is 27.7 Å². The van der Waals surface area contributed by atoms with Crippen molar-refractivity contribution in [1.29, 1.82) is 0 Å². The van der Waals surface area contributed by atoms with Crippen molar-refractivity contribution < 1.29 is 17.9 Å². The minimum absolute atomic E-state index is 0.172. The van der Waals surface area contributed by atoms with Gasteiger partial charge in [-0.15, -0.1) is 6.58 Å². The lowest BCUT2D eigenvalue weighted by Crippen LogP contribution is -2.58. The summed E-state index contributed by atoms with van der Waals surface area (Å²) in [5.41, 5.74) is -1.33. The molecule has 0 bridgehead atoms. The Labute approximate surface area is 133 Å². The molecule has 1 amide bonds. The van der Waals surface area contributed by atoms with Crippen molar-refractivity contribution in [3.63, 3.8) is 0 Å². The van der Waals surface area contributed by atoms with E-state index < -0.39 is 21.2 Å². The van der Waals surface area contributed by atoms with Crippen molar-refractivity contribution >= 4 is 16.1 Å². The first-order valence-electron chi connectivity index (χ1n) is 7.23. The molecule has 2 unspecified atom stereocenters. The van der Waals surface area contributed by atoms with Crippen LogP contribution in [0.25, 0.3) is 0 Å². The Bertz CT molecular complexity index is 550. The molecule has 1 saturated heterocycles. The lowest BCUT2D eigenvalue weighted by molar-refractivity contribution is 0.00675. The summed E-state index contributed by atoms with van der Waals surface area (Å²) in [7, 11) is -3.57. The number of amides is 1. The van der Waals surface area contributed by atoms with Gasteiger partial charge >= 0.3 is 6.09 Å². The highest BCUT2D eigenvalue weighted by molar-refractivity contribution is 7.92. The number of likely N-dealkylation sites (tertiary alicyclic amines) is 1. The van der Waals surface area contributed by atoms with Gasteiger partial charge in [0.15, 0.2) is 0 Å². The molecule has 0 radical (unpaired) electrons. The minimum Gasteiger partial charge on any atom is -0.444 e. The van der Waals surface area contributed by atoms with Crippen LogP contribution >= 0.6 is 0 Å². The Kier molecular flexibility index (Phi) is 5.46. The normalized spacial score (nSPS) is 26.4. The average Bonchev–Trinajstić information content (AvgIpc) is 2.36. The highest BCUT2D eigenvalue weighted by Gasteiger charge is 2.40. The molecule has 0 aromatic rings. The topological polar surface area (TPSA) is 75.7 Å². The van der Waals surface area contributed by atoms with Gasteiger partial charge in [0.2, 0.25) is 10.0 Å². The summed E-state index contributed by atoms with van der Waals surface area (Å²) in [6, 6.07) is -0.172. The van der Waals surface area contributed by atoms with E-state index in [2.05, 4.69) is 17.9 Å². The van der Waals surface area contributed by atoms with Gasteiger partial charge < -0.3 is 9.64 Å². The first-order chi connectivity index (χ1) is 9.94. The first kappa shape index (κ1) is 18.7. The quantitative estimate of drug-likeness (QED) is 0.803. The molecular formula is C15H26N2O4S. The Balaban J connectivity index is 2.85. The molecule has 22 heavy (non-hydrogen) atoms. The first-order valence-corrected chi connectivity index (χ1v) is 8.78. The third kappa shape index (κ3) is 4.84. The van der Waals surface area contributed by atoms with E-state index in [1.54, 1.807) is 11.0 Å². The van der Waals surface area contributed by atoms with E-state index in [9.17, 15) is 13.2 Å². The number of hydrogen-bond acceptors (Lipinski definition) is 4. The lowest BCUT2D eigenvalue weighted by atomic mass is 9.85. The molecule has 6 nitrogen and oxygen atoms in total. The van der Waals surface area contributed by atoms with Crippen LogP contribution in [-0.4, -0.2) is 43.1 Å². The number of rotatable bonds is 4. The number of hydrogen-bond donors (Lipinski definition) is 1. The van der Waals surface area contributed by atoms with Crippen molar-refractivity contribution in [2.45, 2.75) is 57.7 Å². The summed E-state index contributed by atoms with van der Waals surface area (Å²) >= 11 is 0. The Morgan fingerprint density at radius 2 is 2.00 bits per heavy atom. The van der Waals surface area contributed by atoms with E-state index in [0.29, 0.717) is 19.4 Å². The molecule has 1 heterocycles. The maximum atomic E-state index is 12.2. The molecule has 0 spiro atoms. The molecular weight excluding hydrogens is 304 g/mol. The smallest absolute Gasteiger partial charge is 0.410 e. The fraction of sp³-hybridized carbons (Fsp3) is 0.667. The van der Waals surface area contributed by atoms with Gasteiger partial charge in [0.25, 0.3) is 0 Å². The third-order valence-corrected chi connectivity index (χ3v) is 4.70. The molecule has 0 aliphatic carbocycles. The minimum atomic E-state index is -3.57. The summed E-state index contributed by atoms with van der Waals surface area (Å²) in [6.07, 6.45) is 2.08. The van der Waals surface area contributed by atoms with Gasteiger partial charge in [0.05, 0.1) is 5.54 Å². The molecule has 1 aliphatic rings. The molecule has 2 atom stereocenters. The van der Waals surface area contributed by atoms with Crippen molar-refractivity contribution in [2.75, 3.05) is 6.54 Å². The Hall–Kier alpha value is -1.34. The second kappa shape index (κ2) is 6.42. The average molecular weight is 330 g/mol. The zero-order chi connectivity index (χ0) is 17.2. The monoisotopic (exact) mass is 330 g/mol. The molecule has 0 saturated carbocycles. The zero-order valence-electron chi connectivity index (χ0n) is 13.8. The van der Waals surface area contributed by atoms with Crippen LogP contribution in [0, 0.1) is 0 Å². The number of nitrogens with one attached hydrogen (secondary N) is 1. The maximum absolute atomic E-state index is 12.2. The van der Waals surface area contributed by atoms with E-state index >= 15 is 0 Å². The fourth-order valence-electron chi connectivity index (χ4n) is 2.52. The van der Waals surface area contributed by atoms with Crippen LogP contribution in [0.1, 0.15) is 40.5 Å². The maximum Gasteiger partial charge on any atom is 0.410 e. The van der Waals surface area contributed by atoms with E-state index in [0.717, 1.165) is 5.41 Å². The standard InChI is InChI=1S/C15H26N2O4S/c1-7-15(16-22(19,20)8-2)9-10-17(12(3)11-15)13(18)21-14(4,5)6/h7-8,12,16H,1-2,9-11H2,3-6H3. The van der Waals surface area contributed by atoms with Gasteiger partial charge in [0.1, 0.15) is 5.60 Å². The third-order valence-electron chi connectivity index (χ3n) is 3.57. The molecule has 0 aromatic carbocycles. The molecule has 1 rings (SSSR count). The summed E-state index contributed by atoms with van der Waals surface area (Å²) in [6.45, 7) is 14.7. The zero-order valence-corrected chi connectivity index (χ0v) is 14.6. The number of nitrogens with zero attached hydrogens (tertiary/aromatic N) is 1. The Morgan fingerprint density at radius 3 is 2.41 bits per heavy atom. The van der Waals surface area contributed by atoms with Gasteiger partial charge in [-0.2, -0.15) is 0 Å². The molecule has 126 valence electrons. The van der Waals surface area contributed by atoms with Crippen LogP contribution < -0.4 is 4.72 Å².